The molecule has 0 radical (unpaired) electrons. The number of pyridine rings is 1. The van der Waals surface area contributed by atoms with E-state index in [9.17, 15) is 19.1 Å². The minimum absolute atomic E-state index is 0.0114. The number of amides is 2. The van der Waals surface area contributed by atoms with Gasteiger partial charge in [-0.2, -0.15) is 0 Å². The first-order valence-corrected chi connectivity index (χ1v) is 9.74. The number of phenols is 1. The molecule has 2 aromatic heterocycles. The van der Waals surface area contributed by atoms with Crippen LogP contribution in [0.3, 0.4) is 0 Å². The van der Waals surface area contributed by atoms with Crippen LogP contribution in [0.2, 0.25) is 0 Å². The molecule has 3 N–H and O–H groups in total. The standard InChI is InChI=1S/C22H22FN3O4/c23-20-17(4-1-5-19(20)27)22(29)25-18(15-7-10-30-13-15)12-24-21(28)14-6-9-26-8-2-3-16(26)11-14/h1-6,8-9,11,15,18,27H,7,10,12-13H2,(H,24,28)(H,25,29). The number of hydrogen-bond acceptors (Lipinski definition) is 4. The Morgan fingerprint density at radius 1 is 1.20 bits per heavy atom. The maximum absolute atomic E-state index is 14.1. The van der Waals surface area contributed by atoms with Crippen molar-refractivity contribution < 1.29 is 23.8 Å². The summed E-state index contributed by atoms with van der Waals surface area (Å²) in [6.45, 7) is 1.18. The number of phenolic OH excluding ortho intramolecular Hbond substituents is 1. The lowest BCUT2D eigenvalue weighted by molar-refractivity contribution is 0.0882. The Morgan fingerprint density at radius 3 is 2.87 bits per heavy atom. The van der Waals surface area contributed by atoms with E-state index in [1.54, 1.807) is 18.3 Å². The van der Waals surface area contributed by atoms with Crippen molar-refractivity contribution in [3.05, 3.63) is 71.8 Å². The molecule has 2 amide bonds. The number of benzene rings is 1. The summed E-state index contributed by atoms with van der Waals surface area (Å²) in [7, 11) is 0. The maximum atomic E-state index is 14.1. The molecular weight excluding hydrogens is 389 g/mol. The van der Waals surface area contributed by atoms with Gasteiger partial charge in [0.05, 0.1) is 18.2 Å². The SMILES string of the molecule is O=C(NCC(NC(=O)c1cccc(O)c1F)C1CCOC1)c1ccn2cccc2c1. The fourth-order valence-corrected chi connectivity index (χ4v) is 3.63. The van der Waals surface area contributed by atoms with E-state index in [1.165, 1.54) is 18.2 Å². The highest BCUT2D eigenvalue weighted by Gasteiger charge is 2.29. The molecule has 3 heterocycles. The van der Waals surface area contributed by atoms with Crippen molar-refractivity contribution in [1.29, 1.82) is 0 Å². The second-order valence-electron chi connectivity index (χ2n) is 7.31. The van der Waals surface area contributed by atoms with Gasteiger partial charge in [0.1, 0.15) is 0 Å². The van der Waals surface area contributed by atoms with E-state index >= 15 is 0 Å². The second-order valence-corrected chi connectivity index (χ2v) is 7.31. The minimum atomic E-state index is -0.971. The van der Waals surface area contributed by atoms with Gasteiger partial charge < -0.3 is 24.9 Å². The average molecular weight is 411 g/mol. The molecule has 1 aliphatic rings. The topological polar surface area (TPSA) is 92.1 Å². The van der Waals surface area contributed by atoms with Crippen molar-refractivity contribution in [1.82, 2.24) is 15.0 Å². The maximum Gasteiger partial charge on any atom is 0.254 e. The number of rotatable bonds is 6. The quantitative estimate of drug-likeness (QED) is 0.581. The third-order valence-electron chi connectivity index (χ3n) is 5.35. The highest BCUT2D eigenvalue weighted by atomic mass is 19.1. The van der Waals surface area contributed by atoms with Crippen LogP contribution in [0, 0.1) is 11.7 Å². The zero-order valence-electron chi connectivity index (χ0n) is 16.2. The summed E-state index contributed by atoms with van der Waals surface area (Å²) in [6, 6.07) is 10.7. The molecule has 7 nitrogen and oxygen atoms in total. The molecule has 1 saturated heterocycles. The Morgan fingerprint density at radius 2 is 2.07 bits per heavy atom. The number of ether oxygens (including phenoxy) is 1. The largest absolute Gasteiger partial charge is 0.505 e. The van der Waals surface area contributed by atoms with Crippen LogP contribution in [0.15, 0.2) is 54.9 Å². The normalized spacial score (nSPS) is 17.0. The van der Waals surface area contributed by atoms with Gasteiger partial charge in [-0.05, 0) is 42.8 Å². The Hall–Kier alpha value is -3.39. The molecule has 0 aliphatic carbocycles. The first-order valence-electron chi connectivity index (χ1n) is 9.74. The first kappa shape index (κ1) is 19.9. The Kier molecular flexibility index (Phi) is 5.67. The fraction of sp³-hybridized carbons (Fsp3) is 0.273. The predicted octanol–water partition coefficient (Wildman–Crippen LogP) is 2.35. The molecule has 2 unspecified atom stereocenters. The Bertz CT molecular complexity index is 1080. The van der Waals surface area contributed by atoms with Gasteiger partial charge in [0.25, 0.3) is 11.8 Å². The third-order valence-corrected chi connectivity index (χ3v) is 5.35. The van der Waals surface area contributed by atoms with Crippen LogP contribution in [-0.2, 0) is 4.74 Å². The molecule has 0 saturated carbocycles. The number of carbonyl (C=O) groups excluding carboxylic acids is 2. The van der Waals surface area contributed by atoms with Gasteiger partial charge in [-0.25, -0.2) is 4.39 Å². The van der Waals surface area contributed by atoms with Crippen LogP contribution >= 0.6 is 0 Å². The fourth-order valence-electron chi connectivity index (χ4n) is 3.63. The van der Waals surface area contributed by atoms with Gasteiger partial charge in [-0.15, -0.1) is 0 Å². The van der Waals surface area contributed by atoms with Crippen molar-refractivity contribution in [2.24, 2.45) is 5.92 Å². The highest BCUT2D eigenvalue weighted by molar-refractivity contribution is 5.96. The monoisotopic (exact) mass is 411 g/mol. The summed E-state index contributed by atoms with van der Waals surface area (Å²) in [5.41, 5.74) is 1.16. The van der Waals surface area contributed by atoms with E-state index < -0.39 is 23.5 Å². The summed E-state index contributed by atoms with van der Waals surface area (Å²) in [5, 5.41) is 15.2. The van der Waals surface area contributed by atoms with Crippen LogP contribution in [0.4, 0.5) is 4.39 Å². The lowest BCUT2D eigenvalue weighted by Crippen LogP contribution is -2.48. The predicted molar refractivity (Wildman–Crippen MR) is 108 cm³/mol. The van der Waals surface area contributed by atoms with Crippen LogP contribution in [-0.4, -0.2) is 47.1 Å². The van der Waals surface area contributed by atoms with Gasteiger partial charge >= 0.3 is 0 Å². The Balaban J connectivity index is 1.46. The van der Waals surface area contributed by atoms with Crippen molar-refractivity contribution in [2.75, 3.05) is 19.8 Å². The summed E-state index contributed by atoms with van der Waals surface area (Å²) >= 11 is 0. The average Bonchev–Trinajstić information content (AvgIpc) is 3.44. The molecule has 3 aromatic rings. The molecule has 0 spiro atoms. The van der Waals surface area contributed by atoms with Crippen LogP contribution in [0.25, 0.3) is 5.52 Å². The summed E-state index contributed by atoms with van der Waals surface area (Å²) in [4.78, 5) is 25.2. The van der Waals surface area contributed by atoms with Crippen molar-refractivity contribution in [3.63, 3.8) is 0 Å². The van der Waals surface area contributed by atoms with E-state index in [2.05, 4.69) is 10.6 Å². The summed E-state index contributed by atoms with van der Waals surface area (Å²) in [5.74, 6) is -2.48. The van der Waals surface area contributed by atoms with Crippen LogP contribution in [0.1, 0.15) is 27.1 Å². The molecule has 1 aromatic carbocycles. The minimum Gasteiger partial charge on any atom is -0.505 e. The number of nitrogens with zero attached hydrogens (tertiary/aromatic N) is 1. The number of halogens is 1. The van der Waals surface area contributed by atoms with Crippen molar-refractivity contribution >= 4 is 17.3 Å². The zero-order valence-corrected chi connectivity index (χ0v) is 16.2. The van der Waals surface area contributed by atoms with Crippen molar-refractivity contribution in [2.45, 2.75) is 12.5 Å². The molecule has 1 fully saturated rings. The number of nitrogens with one attached hydrogen (secondary N) is 2. The second kappa shape index (κ2) is 8.54. The van der Waals surface area contributed by atoms with Gasteiger partial charge in [-0.3, -0.25) is 9.59 Å². The molecule has 156 valence electrons. The summed E-state index contributed by atoms with van der Waals surface area (Å²) < 4.78 is 21.4. The smallest absolute Gasteiger partial charge is 0.254 e. The molecule has 8 heteroatoms. The van der Waals surface area contributed by atoms with Crippen LogP contribution in [0.5, 0.6) is 5.75 Å². The van der Waals surface area contributed by atoms with Gasteiger partial charge in [0.2, 0.25) is 0 Å². The van der Waals surface area contributed by atoms with Gasteiger partial charge in [0, 0.05) is 42.5 Å². The number of carbonyl (C=O) groups is 2. The zero-order chi connectivity index (χ0) is 21.1. The van der Waals surface area contributed by atoms with E-state index in [0.717, 1.165) is 11.9 Å². The van der Waals surface area contributed by atoms with Crippen LogP contribution < -0.4 is 10.6 Å². The lowest BCUT2D eigenvalue weighted by atomic mass is 9.98. The molecule has 30 heavy (non-hydrogen) atoms. The van der Waals surface area contributed by atoms with Gasteiger partial charge in [-0.1, -0.05) is 6.07 Å². The number of hydrogen-bond donors (Lipinski definition) is 3. The third kappa shape index (κ3) is 4.13. The van der Waals surface area contributed by atoms with E-state index in [1.807, 2.05) is 22.7 Å². The highest BCUT2D eigenvalue weighted by Crippen LogP contribution is 2.21. The molecular formula is C22H22FN3O4. The van der Waals surface area contributed by atoms with Gasteiger partial charge in [0.15, 0.2) is 11.6 Å². The van der Waals surface area contributed by atoms with E-state index in [4.69, 9.17) is 4.74 Å². The van der Waals surface area contributed by atoms with E-state index in [0.29, 0.717) is 18.8 Å². The molecule has 0 bridgehead atoms. The molecule has 2 atom stereocenters. The molecule has 4 rings (SSSR count). The summed E-state index contributed by atoms with van der Waals surface area (Å²) in [6.07, 6.45) is 4.42. The van der Waals surface area contributed by atoms with E-state index in [-0.39, 0.29) is 23.9 Å². The first-order chi connectivity index (χ1) is 14.5. The Labute approximate surface area is 172 Å². The van der Waals surface area contributed by atoms with Crippen molar-refractivity contribution in [3.8, 4) is 5.75 Å². The lowest BCUT2D eigenvalue weighted by Gasteiger charge is -2.24. The molecule has 1 aliphatic heterocycles. The number of aromatic nitrogens is 1. The number of aromatic hydroxyl groups is 1. The number of fused-ring (bicyclic) bond motifs is 1.